The maximum atomic E-state index is 12.8. The van der Waals surface area contributed by atoms with E-state index >= 15 is 0 Å². The average Bonchev–Trinajstić information content (AvgIpc) is 2.75. The molecule has 7 nitrogen and oxygen atoms in total. The van der Waals surface area contributed by atoms with Gasteiger partial charge in [0.25, 0.3) is 5.91 Å². The van der Waals surface area contributed by atoms with Crippen LogP contribution in [-0.2, 0) is 10.0 Å². The summed E-state index contributed by atoms with van der Waals surface area (Å²) >= 11 is 0. The van der Waals surface area contributed by atoms with Crippen molar-refractivity contribution < 1.29 is 26.7 Å². The largest absolute Gasteiger partial charge is 0.435 e. The molecule has 2 aromatic carbocycles. The molecule has 1 aliphatic heterocycles. The van der Waals surface area contributed by atoms with Gasteiger partial charge < -0.3 is 4.74 Å². The molecule has 0 radical (unpaired) electrons. The summed E-state index contributed by atoms with van der Waals surface area (Å²) in [7, 11) is -3.64. The Morgan fingerprint density at radius 3 is 2.47 bits per heavy atom. The number of hydrogen-bond donors (Lipinski definition) is 1. The molecule has 160 valence electrons. The van der Waals surface area contributed by atoms with Crippen LogP contribution in [-0.4, -0.2) is 44.5 Å². The fourth-order valence-corrected chi connectivity index (χ4v) is 4.58. The van der Waals surface area contributed by atoms with Gasteiger partial charge in [0.15, 0.2) is 0 Å². The third kappa shape index (κ3) is 5.61. The van der Waals surface area contributed by atoms with Crippen LogP contribution in [0.2, 0.25) is 0 Å². The van der Waals surface area contributed by atoms with Gasteiger partial charge in [0.1, 0.15) is 5.75 Å². The zero-order valence-corrected chi connectivity index (χ0v) is 16.8. The van der Waals surface area contributed by atoms with Crippen molar-refractivity contribution in [3.63, 3.8) is 0 Å². The summed E-state index contributed by atoms with van der Waals surface area (Å²) in [4.78, 5) is 12.4. The zero-order chi connectivity index (χ0) is 21.6. The van der Waals surface area contributed by atoms with Crippen LogP contribution in [0.3, 0.4) is 0 Å². The molecule has 0 spiro atoms. The fraction of sp³-hybridized carbons (Fsp3) is 0.300. The molecule has 0 atom stereocenters. The summed E-state index contributed by atoms with van der Waals surface area (Å²) in [6.07, 6.45) is 3.99. The lowest BCUT2D eigenvalue weighted by Gasteiger charge is -2.25. The van der Waals surface area contributed by atoms with Gasteiger partial charge >= 0.3 is 6.61 Å². The van der Waals surface area contributed by atoms with Crippen molar-refractivity contribution in [2.75, 3.05) is 13.1 Å². The lowest BCUT2D eigenvalue weighted by molar-refractivity contribution is -0.0498. The van der Waals surface area contributed by atoms with Gasteiger partial charge in [0.05, 0.1) is 11.1 Å². The van der Waals surface area contributed by atoms with Gasteiger partial charge in [-0.15, -0.1) is 0 Å². The first-order valence-corrected chi connectivity index (χ1v) is 10.8. The molecule has 10 heteroatoms. The highest BCUT2D eigenvalue weighted by molar-refractivity contribution is 7.89. The van der Waals surface area contributed by atoms with Crippen molar-refractivity contribution in [2.45, 2.75) is 30.8 Å². The highest BCUT2D eigenvalue weighted by Crippen LogP contribution is 2.21. The van der Waals surface area contributed by atoms with E-state index in [-0.39, 0.29) is 16.2 Å². The molecule has 1 amide bonds. The SMILES string of the molecule is O=C(N/N=C\c1ccc(OC(F)F)cc1)c1cccc(S(=O)(=O)N2CCCCC2)c1. The fourth-order valence-electron chi connectivity index (χ4n) is 3.02. The Morgan fingerprint density at radius 1 is 1.10 bits per heavy atom. The molecular weight excluding hydrogens is 416 g/mol. The minimum Gasteiger partial charge on any atom is -0.435 e. The smallest absolute Gasteiger partial charge is 0.387 e. The summed E-state index contributed by atoms with van der Waals surface area (Å²) in [5.41, 5.74) is 3.04. The Balaban J connectivity index is 1.64. The van der Waals surface area contributed by atoms with E-state index in [4.69, 9.17) is 0 Å². The number of carbonyl (C=O) groups is 1. The van der Waals surface area contributed by atoms with Crippen LogP contribution in [0.25, 0.3) is 0 Å². The van der Waals surface area contributed by atoms with Crippen molar-refractivity contribution >= 4 is 22.1 Å². The third-order valence-electron chi connectivity index (χ3n) is 4.53. The van der Waals surface area contributed by atoms with E-state index in [0.29, 0.717) is 18.7 Å². The molecule has 0 bridgehead atoms. The van der Waals surface area contributed by atoms with Crippen LogP contribution < -0.4 is 10.2 Å². The number of amides is 1. The number of hydrogen-bond acceptors (Lipinski definition) is 5. The van der Waals surface area contributed by atoms with E-state index in [1.807, 2.05) is 0 Å². The van der Waals surface area contributed by atoms with Crippen LogP contribution in [0.1, 0.15) is 35.2 Å². The van der Waals surface area contributed by atoms with Crippen LogP contribution >= 0.6 is 0 Å². The van der Waals surface area contributed by atoms with Crippen molar-refractivity contribution in [1.29, 1.82) is 0 Å². The standard InChI is InChI=1S/C20H21F2N3O4S/c21-20(22)29-17-9-7-15(8-10-17)14-23-24-19(26)16-5-4-6-18(13-16)30(27,28)25-11-2-1-3-12-25/h4-10,13-14,20H,1-3,11-12H2,(H,24,26)/b23-14-. The molecule has 1 saturated heterocycles. The summed E-state index contributed by atoms with van der Waals surface area (Å²) in [5, 5.41) is 3.82. The Morgan fingerprint density at radius 2 is 1.80 bits per heavy atom. The number of sulfonamides is 1. The van der Waals surface area contributed by atoms with Crippen LogP contribution in [0.5, 0.6) is 5.75 Å². The molecular formula is C20H21F2N3O4S. The summed E-state index contributed by atoms with van der Waals surface area (Å²) in [6.45, 7) is -1.95. The quantitative estimate of drug-likeness (QED) is 0.532. The molecule has 2 aromatic rings. The Labute approximate surface area is 173 Å². The van der Waals surface area contributed by atoms with E-state index in [1.54, 1.807) is 0 Å². The van der Waals surface area contributed by atoms with Gasteiger partial charge in [0.2, 0.25) is 10.0 Å². The number of halogens is 2. The predicted molar refractivity (Wildman–Crippen MR) is 107 cm³/mol. The van der Waals surface area contributed by atoms with E-state index in [2.05, 4.69) is 15.3 Å². The maximum absolute atomic E-state index is 12.8. The lowest BCUT2D eigenvalue weighted by Crippen LogP contribution is -2.35. The minimum absolute atomic E-state index is 0.0120. The normalized spacial score (nSPS) is 15.4. The van der Waals surface area contributed by atoms with E-state index in [0.717, 1.165) is 19.3 Å². The molecule has 1 fully saturated rings. The highest BCUT2D eigenvalue weighted by Gasteiger charge is 2.26. The number of rotatable bonds is 7. The predicted octanol–water partition coefficient (Wildman–Crippen LogP) is 3.23. The van der Waals surface area contributed by atoms with Gasteiger partial charge in [-0.3, -0.25) is 4.79 Å². The number of benzene rings is 2. The van der Waals surface area contributed by atoms with Gasteiger partial charge in [-0.2, -0.15) is 18.2 Å². The molecule has 1 aliphatic rings. The third-order valence-corrected chi connectivity index (χ3v) is 6.43. The van der Waals surface area contributed by atoms with Crippen molar-refractivity contribution in [2.24, 2.45) is 5.10 Å². The number of nitrogens with zero attached hydrogens (tertiary/aromatic N) is 2. The number of carbonyl (C=O) groups excluding carboxylic acids is 1. The number of nitrogens with one attached hydrogen (secondary N) is 1. The number of alkyl halides is 2. The molecule has 0 unspecified atom stereocenters. The van der Waals surface area contributed by atoms with Gasteiger partial charge in [-0.05, 0) is 60.9 Å². The van der Waals surface area contributed by atoms with Gasteiger partial charge in [-0.25, -0.2) is 13.8 Å². The van der Waals surface area contributed by atoms with Crippen LogP contribution in [0.4, 0.5) is 8.78 Å². The Bertz CT molecular complexity index is 1000. The maximum Gasteiger partial charge on any atom is 0.387 e. The number of ether oxygens (including phenoxy) is 1. The van der Waals surface area contributed by atoms with E-state index < -0.39 is 22.5 Å². The van der Waals surface area contributed by atoms with Crippen LogP contribution in [0, 0.1) is 0 Å². The first-order chi connectivity index (χ1) is 14.4. The van der Waals surface area contributed by atoms with Gasteiger partial charge in [0, 0.05) is 18.7 Å². The number of hydrazone groups is 1. The van der Waals surface area contributed by atoms with Crippen molar-refractivity contribution in [3.8, 4) is 5.75 Å². The molecule has 1 heterocycles. The average molecular weight is 437 g/mol. The van der Waals surface area contributed by atoms with E-state index in [1.165, 1.54) is 59.1 Å². The molecule has 3 rings (SSSR count). The monoisotopic (exact) mass is 437 g/mol. The summed E-state index contributed by atoms with van der Waals surface area (Å²) < 4.78 is 55.5. The van der Waals surface area contributed by atoms with Crippen LogP contribution in [0.15, 0.2) is 58.5 Å². The Hall–Kier alpha value is -2.85. The van der Waals surface area contributed by atoms with E-state index in [9.17, 15) is 22.0 Å². The summed E-state index contributed by atoms with van der Waals surface area (Å²) in [5.74, 6) is -0.558. The molecule has 30 heavy (non-hydrogen) atoms. The van der Waals surface area contributed by atoms with Gasteiger partial charge in [-0.1, -0.05) is 12.5 Å². The second-order valence-electron chi connectivity index (χ2n) is 6.64. The first kappa shape index (κ1) is 21.8. The molecule has 0 aliphatic carbocycles. The highest BCUT2D eigenvalue weighted by atomic mass is 32.2. The summed E-state index contributed by atoms with van der Waals surface area (Å²) in [6, 6.07) is 11.5. The second-order valence-corrected chi connectivity index (χ2v) is 8.58. The topological polar surface area (TPSA) is 88.1 Å². The minimum atomic E-state index is -3.64. The number of piperidine rings is 1. The lowest BCUT2D eigenvalue weighted by atomic mass is 10.2. The molecule has 0 aromatic heterocycles. The van der Waals surface area contributed by atoms with Crippen molar-refractivity contribution in [1.82, 2.24) is 9.73 Å². The molecule has 0 saturated carbocycles. The first-order valence-electron chi connectivity index (χ1n) is 9.35. The second kappa shape index (κ2) is 9.77. The zero-order valence-electron chi connectivity index (χ0n) is 16.0. The molecule has 1 N–H and O–H groups in total. The Kier molecular flexibility index (Phi) is 7.11. The van der Waals surface area contributed by atoms with Crippen molar-refractivity contribution in [3.05, 3.63) is 59.7 Å².